The number of non-ortho nitro benzene ring substituents is 1. The highest BCUT2D eigenvalue weighted by atomic mass is 16.6. The van der Waals surface area contributed by atoms with Crippen LogP contribution in [0.15, 0.2) is 48.5 Å². The lowest BCUT2D eigenvalue weighted by Gasteiger charge is -2.18. The van der Waals surface area contributed by atoms with Gasteiger partial charge >= 0.3 is 0 Å². The van der Waals surface area contributed by atoms with Gasteiger partial charge in [-0.2, -0.15) is 0 Å². The topological polar surface area (TPSA) is 102 Å². The first kappa shape index (κ1) is 19.3. The summed E-state index contributed by atoms with van der Waals surface area (Å²) in [6, 6.07) is 13.1. The first-order valence-corrected chi connectivity index (χ1v) is 8.93. The maximum Gasteiger partial charge on any atom is 0.273 e. The van der Waals surface area contributed by atoms with Gasteiger partial charge in [-0.25, -0.2) is 0 Å². The lowest BCUT2D eigenvalue weighted by atomic mass is 10.1. The quantitative estimate of drug-likeness (QED) is 0.557. The van der Waals surface area contributed by atoms with E-state index in [1.54, 1.807) is 25.2 Å². The van der Waals surface area contributed by atoms with Gasteiger partial charge in [0.15, 0.2) is 6.61 Å². The van der Waals surface area contributed by atoms with E-state index in [9.17, 15) is 19.7 Å². The Bertz CT molecular complexity index is 878. The van der Waals surface area contributed by atoms with Crippen LogP contribution in [0.25, 0.3) is 0 Å². The normalized spacial score (nSPS) is 12.9. The summed E-state index contributed by atoms with van der Waals surface area (Å²) in [6.07, 6.45) is 2.07. The second-order valence-electron chi connectivity index (χ2n) is 6.74. The summed E-state index contributed by atoms with van der Waals surface area (Å²) in [5.41, 5.74) is 1.39. The molecular formula is C20H21N3O5. The van der Waals surface area contributed by atoms with Crippen molar-refractivity contribution in [3.05, 3.63) is 69.8 Å². The van der Waals surface area contributed by atoms with Gasteiger partial charge in [0.05, 0.1) is 11.0 Å². The Kier molecular flexibility index (Phi) is 5.88. The van der Waals surface area contributed by atoms with Gasteiger partial charge in [0.25, 0.3) is 17.5 Å². The molecule has 1 saturated carbocycles. The highest BCUT2D eigenvalue weighted by Crippen LogP contribution is 2.20. The molecule has 0 atom stereocenters. The Morgan fingerprint density at radius 2 is 1.93 bits per heavy atom. The van der Waals surface area contributed by atoms with Crippen molar-refractivity contribution < 1.29 is 19.2 Å². The largest absolute Gasteiger partial charge is 0.484 e. The number of carbonyl (C=O) groups is 2. The Hall–Kier alpha value is -3.42. The fourth-order valence-corrected chi connectivity index (χ4v) is 2.56. The fourth-order valence-electron chi connectivity index (χ4n) is 2.56. The number of likely N-dealkylation sites (N-methyl/N-ethyl adjacent to an activating group) is 1. The molecule has 0 aromatic heterocycles. The summed E-state index contributed by atoms with van der Waals surface area (Å²) < 4.78 is 5.36. The third-order valence-corrected chi connectivity index (χ3v) is 4.36. The average molecular weight is 383 g/mol. The molecule has 8 nitrogen and oxygen atoms in total. The molecule has 2 amide bonds. The molecule has 8 heteroatoms. The van der Waals surface area contributed by atoms with Crippen molar-refractivity contribution in [1.82, 2.24) is 10.2 Å². The van der Waals surface area contributed by atoms with Crippen LogP contribution in [0.2, 0.25) is 0 Å². The number of carbonyl (C=O) groups excluding carboxylic acids is 2. The van der Waals surface area contributed by atoms with E-state index in [0.717, 1.165) is 18.4 Å². The van der Waals surface area contributed by atoms with Gasteiger partial charge in [-0.3, -0.25) is 19.7 Å². The van der Waals surface area contributed by atoms with Gasteiger partial charge in [-0.1, -0.05) is 18.2 Å². The molecule has 0 spiro atoms. The molecule has 2 aromatic rings. The molecule has 1 aliphatic carbocycles. The van der Waals surface area contributed by atoms with Crippen LogP contribution in [0, 0.1) is 10.1 Å². The van der Waals surface area contributed by atoms with Gasteiger partial charge in [0.1, 0.15) is 5.75 Å². The Labute approximate surface area is 162 Å². The molecular weight excluding hydrogens is 362 g/mol. The highest BCUT2D eigenvalue weighted by molar-refractivity contribution is 5.94. The Morgan fingerprint density at radius 1 is 1.21 bits per heavy atom. The summed E-state index contributed by atoms with van der Waals surface area (Å²) >= 11 is 0. The number of benzene rings is 2. The molecule has 0 radical (unpaired) electrons. The smallest absolute Gasteiger partial charge is 0.273 e. The van der Waals surface area contributed by atoms with E-state index >= 15 is 0 Å². The molecule has 2 aromatic carbocycles. The van der Waals surface area contributed by atoms with Crippen molar-refractivity contribution in [2.24, 2.45) is 0 Å². The zero-order valence-electron chi connectivity index (χ0n) is 15.5. The van der Waals surface area contributed by atoms with E-state index < -0.39 is 4.92 Å². The molecule has 0 aliphatic heterocycles. The first-order valence-electron chi connectivity index (χ1n) is 8.93. The van der Waals surface area contributed by atoms with Crippen LogP contribution in [-0.2, 0) is 11.3 Å². The second kappa shape index (κ2) is 8.51. The number of ether oxygens (including phenoxy) is 1. The molecule has 28 heavy (non-hydrogen) atoms. The van der Waals surface area contributed by atoms with Crippen LogP contribution in [0.5, 0.6) is 5.75 Å². The number of nitro groups is 1. The van der Waals surface area contributed by atoms with Gasteiger partial charge in [-0.05, 0) is 36.6 Å². The molecule has 0 unspecified atom stereocenters. The Morgan fingerprint density at radius 3 is 2.57 bits per heavy atom. The average Bonchev–Trinajstić information content (AvgIpc) is 3.50. The maximum atomic E-state index is 12.2. The van der Waals surface area contributed by atoms with Crippen LogP contribution in [0.4, 0.5) is 5.69 Å². The van der Waals surface area contributed by atoms with Crippen molar-refractivity contribution in [3.63, 3.8) is 0 Å². The minimum Gasteiger partial charge on any atom is -0.484 e. The SMILES string of the molecule is CN(Cc1ccc(C(=O)NC2CC2)cc1)C(=O)COc1cccc([N+](=O)[O-])c1. The van der Waals surface area contributed by atoms with Crippen LogP contribution in [0.1, 0.15) is 28.8 Å². The number of nitrogens with zero attached hydrogens (tertiary/aromatic N) is 2. The number of rotatable bonds is 8. The fraction of sp³-hybridized carbons (Fsp3) is 0.300. The Balaban J connectivity index is 1.50. The molecule has 0 saturated heterocycles. The lowest BCUT2D eigenvalue weighted by Crippen LogP contribution is -2.31. The number of nitrogens with one attached hydrogen (secondary N) is 1. The number of nitro benzene ring substituents is 1. The van der Waals surface area contributed by atoms with Gasteiger partial charge in [0.2, 0.25) is 0 Å². The molecule has 0 bridgehead atoms. The summed E-state index contributed by atoms with van der Waals surface area (Å²) in [7, 11) is 1.65. The summed E-state index contributed by atoms with van der Waals surface area (Å²) in [5.74, 6) is -0.0760. The number of hydrogen-bond acceptors (Lipinski definition) is 5. The van der Waals surface area contributed by atoms with Crippen LogP contribution in [-0.4, -0.2) is 41.3 Å². The van der Waals surface area contributed by atoms with E-state index in [-0.39, 0.29) is 29.9 Å². The van der Waals surface area contributed by atoms with E-state index in [2.05, 4.69) is 5.32 Å². The third-order valence-electron chi connectivity index (χ3n) is 4.36. The minimum atomic E-state index is -0.518. The molecule has 0 heterocycles. The van der Waals surface area contributed by atoms with Crippen LogP contribution < -0.4 is 10.1 Å². The first-order chi connectivity index (χ1) is 13.4. The monoisotopic (exact) mass is 383 g/mol. The standard InChI is InChI=1S/C20H21N3O5/c1-22(19(24)13-28-18-4-2-3-17(11-18)23(26)27)12-14-5-7-15(8-6-14)20(25)21-16-9-10-16/h2-8,11,16H,9-10,12-13H2,1H3,(H,21,25). The summed E-state index contributed by atoms with van der Waals surface area (Å²) in [5, 5.41) is 13.7. The zero-order chi connectivity index (χ0) is 20.1. The van der Waals surface area contributed by atoms with Crippen LogP contribution >= 0.6 is 0 Å². The van der Waals surface area contributed by atoms with Gasteiger partial charge in [0, 0.05) is 31.3 Å². The van der Waals surface area contributed by atoms with E-state index in [4.69, 9.17) is 4.74 Å². The van der Waals surface area contributed by atoms with Crippen molar-refractivity contribution >= 4 is 17.5 Å². The van der Waals surface area contributed by atoms with Crippen molar-refractivity contribution in [2.75, 3.05) is 13.7 Å². The van der Waals surface area contributed by atoms with Crippen molar-refractivity contribution in [2.45, 2.75) is 25.4 Å². The third kappa shape index (κ3) is 5.29. The van der Waals surface area contributed by atoms with Gasteiger partial charge < -0.3 is 15.0 Å². The molecule has 3 rings (SSSR count). The van der Waals surface area contributed by atoms with E-state index in [1.165, 1.54) is 23.1 Å². The predicted molar refractivity (Wildman–Crippen MR) is 102 cm³/mol. The van der Waals surface area contributed by atoms with E-state index in [1.807, 2.05) is 12.1 Å². The van der Waals surface area contributed by atoms with Crippen LogP contribution in [0.3, 0.4) is 0 Å². The summed E-state index contributed by atoms with van der Waals surface area (Å²) in [4.78, 5) is 36.0. The van der Waals surface area contributed by atoms with Gasteiger partial charge in [-0.15, -0.1) is 0 Å². The number of hydrogen-bond donors (Lipinski definition) is 1. The van der Waals surface area contributed by atoms with Crippen molar-refractivity contribution in [1.29, 1.82) is 0 Å². The second-order valence-corrected chi connectivity index (χ2v) is 6.74. The summed E-state index contributed by atoms with van der Waals surface area (Å²) in [6.45, 7) is 0.140. The minimum absolute atomic E-state index is 0.0798. The lowest BCUT2D eigenvalue weighted by molar-refractivity contribution is -0.384. The molecule has 146 valence electrons. The van der Waals surface area contributed by atoms with Crippen molar-refractivity contribution in [3.8, 4) is 5.75 Å². The highest BCUT2D eigenvalue weighted by Gasteiger charge is 2.23. The number of amides is 2. The maximum absolute atomic E-state index is 12.2. The predicted octanol–water partition coefficient (Wildman–Crippen LogP) is 2.52. The zero-order valence-corrected chi connectivity index (χ0v) is 15.5. The molecule has 1 fully saturated rings. The molecule has 1 aliphatic rings. The molecule has 1 N–H and O–H groups in total. The van der Waals surface area contributed by atoms with E-state index in [0.29, 0.717) is 18.2 Å².